The zero-order chi connectivity index (χ0) is 17.9. The van der Waals surface area contributed by atoms with E-state index in [0.717, 1.165) is 22.8 Å². The van der Waals surface area contributed by atoms with E-state index in [1.54, 1.807) is 7.11 Å². The standard InChI is InChI=1S/C20H24N4O/c1-20(2,3)15-7-5-14(6-8-15)19-22-18(23-24-19)13-21-16-9-11-17(25-4)12-10-16/h5-12,21H,13H2,1-4H3,(H,22,23,24). The van der Waals surface area contributed by atoms with E-state index in [1.165, 1.54) is 5.56 Å². The van der Waals surface area contributed by atoms with Crippen molar-refractivity contribution in [2.24, 2.45) is 0 Å². The second kappa shape index (κ2) is 6.97. The summed E-state index contributed by atoms with van der Waals surface area (Å²) in [4.78, 5) is 4.57. The number of methoxy groups -OCH3 is 1. The van der Waals surface area contributed by atoms with Gasteiger partial charge in [-0.25, -0.2) is 4.98 Å². The molecule has 130 valence electrons. The fourth-order valence-electron chi connectivity index (χ4n) is 2.52. The van der Waals surface area contributed by atoms with Gasteiger partial charge in [0.1, 0.15) is 11.6 Å². The first kappa shape index (κ1) is 17.0. The number of nitrogens with one attached hydrogen (secondary N) is 2. The van der Waals surface area contributed by atoms with E-state index < -0.39 is 0 Å². The Morgan fingerprint density at radius 1 is 1.00 bits per heavy atom. The molecular formula is C20H24N4O. The minimum Gasteiger partial charge on any atom is -0.497 e. The molecule has 0 unspecified atom stereocenters. The number of H-pyrrole nitrogens is 1. The molecule has 0 atom stereocenters. The second-order valence-corrected chi connectivity index (χ2v) is 7.02. The third kappa shape index (κ3) is 4.18. The zero-order valence-electron chi connectivity index (χ0n) is 15.1. The van der Waals surface area contributed by atoms with Gasteiger partial charge in [0.05, 0.1) is 13.7 Å². The Hall–Kier alpha value is -2.82. The first-order valence-electron chi connectivity index (χ1n) is 8.36. The van der Waals surface area contributed by atoms with E-state index in [0.29, 0.717) is 12.4 Å². The highest BCUT2D eigenvalue weighted by Crippen LogP contribution is 2.24. The molecule has 1 heterocycles. The molecule has 0 bridgehead atoms. The number of benzene rings is 2. The van der Waals surface area contributed by atoms with Crippen molar-refractivity contribution >= 4 is 5.69 Å². The smallest absolute Gasteiger partial charge is 0.181 e. The van der Waals surface area contributed by atoms with Gasteiger partial charge in [-0.15, -0.1) is 0 Å². The number of hydrogen-bond acceptors (Lipinski definition) is 4. The van der Waals surface area contributed by atoms with Gasteiger partial charge in [-0.1, -0.05) is 45.0 Å². The minimum absolute atomic E-state index is 0.144. The second-order valence-electron chi connectivity index (χ2n) is 7.02. The van der Waals surface area contributed by atoms with Crippen LogP contribution in [0.15, 0.2) is 48.5 Å². The van der Waals surface area contributed by atoms with Crippen molar-refractivity contribution in [3.63, 3.8) is 0 Å². The van der Waals surface area contributed by atoms with Crippen LogP contribution < -0.4 is 10.1 Å². The molecule has 0 radical (unpaired) electrons. The Balaban J connectivity index is 1.65. The molecule has 0 amide bonds. The third-order valence-corrected chi connectivity index (χ3v) is 4.09. The molecule has 5 nitrogen and oxygen atoms in total. The van der Waals surface area contributed by atoms with Gasteiger partial charge in [0, 0.05) is 11.3 Å². The van der Waals surface area contributed by atoms with E-state index in [2.05, 4.69) is 65.5 Å². The van der Waals surface area contributed by atoms with Gasteiger partial charge in [-0.3, -0.25) is 5.10 Å². The summed E-state index contributed by atoms with van der Waals surface area (Å²) in [6.45, 7) is 7.20. The molecule has 2 N–H and O–H groups in total. The van der Waals surface area contributed by atoms with Crippen molar-refractivity contribution in [1.82, 2.24) is 15.2 Å². The minimum atomic E-state index is 0.144. The molecule has 3 aromatic rings. The van der Waals surface area contributed by atoms with Crippen molar-refractivity contribution in [2.45, 2.75) is 32.7 Å². The highest BCUT2D eigenvalue weighted by molar-refractivity contribution is 5.55. The molecule has 2 aromatic carbocycles. The van der Waals surface area contributed by atoms with E-state index in [9.17, 15) is 0 Å². The van der Waals surface area contributed by atoms with Crippen LogP contribution in [0.2, 0.25) is 0 Å². The van der Waals surface area contributed by atoms with Crippen molar-refractivity contribution in [3.05, 3.63) is 59.9 Å². The number of aromatic amines is 1. The molecule has 0 saturated carbocycles. The van der Waals surface area contributed by atoms with Crippen LogP contribution >= 0.6 is 0 Å². The molecule has 5 heteroatoms. The van der Waals surface area contributed by atoms with E-state index in [-0.39, 0.29) is 5.41 Å². The molecule has 0 aliphatic heterocycles. The first-order valence-corrected chi connectivity index (χ1v) is 8.36. The summed E-state index contributed by atoms with van der Waals surface area (Å²) in [6, 6.07) is 16.2. The number of hydrogen-bond donors (Lipinski definition) is 2. The lowest BCUT2D eigenvalue weighted by atomic mass is 9.87. The molecule has 3 rings (SSSR count). The molecule has 1 aromatic heterocycles. The Labute approximate surface area is 148 Å². The van der Waals surface area contributed by atoms with E-state index in [4.69, 9.17) is 4.74 Å². The monoisotopic (exact) mass is 336 g/mol. The van der Waals surface area contributed by atoms with Crippen molar-refractivity contribution < 1.29 is 4.74 Å². The maximum absolute atomic E-state index is 5.16. The Bertz CT molecular complexity index is 814. The molecular weight excluding hydrogens is 312 g/mol. The van der Waals surface area contributed by atoms with Crippen LogP contribution in [0, 0.1) is 0 Å². The highest BCUT2D eigenvalue weighted by Gasteiger charge is 2.14. The van der Waals surface area contributed by atoms with Crippen LogP contribution in [-0.4, -0.2) is 22.3 Å². The number of rotatable bonds is 5. The lowest BCUT2D eigenvalue weighted by molar-refractivity contribution is 0.415. The van der Waals surface area contributed by atoms with E-state index in [1.807, 2.05) is 24.3 Å². The summed E-state index contributed by atoms with van der Waals surface area (Å²) in [6.07, 6.45) is 0. The fraction of sp³-hybridized carbons (Fsp3) is 0.300. The topological polar surface area (TPSA) is 62.8 Å². The Morgan fingerprint density at radius 3 is 2.28 bits per heavy atom. The number of aromatic nitrogens is 3. The lowest BCUT2D eigenvalue weighted by Gasteiger charge is -2.18. The Kier molecular flexibility index (Phi) is 4.74. The fourth-order valence-corrected chi connectivity index (χ4v) is 2.52. The van der Waals surface area contributed by atoms with Gasteiger partial charge in [0.15, 0.2) is 5.82 Å². The van der Waals surface area contributed by atoms with Crippen LogP contribution in [0.25, 0.3) is 11.4 Å². The predicted molar refractivity (Wildman–Crippen MR) is 101 cm³/mol. The highest BCUT2D eigenvalue weighted by atomic mass is 16.5. The maximum Gasteiger partial charge on any atom is 0.181 e. The summed E-state index contributed by atoms with van der Waals surface area (Å²) in [5.41, 5.74) is 3.46. The van der Waals surface area contributed by atoms with Gasteiger partial charge in [0.25, 0.3) is 0 Å². The third-order valence-electron chi connectivity index (χ3n) is 4.09. The predicted octanol–water partition coefficient (Wildman–Crippen LogP) is 4.39. The number of ether oxygens (including phenoxy) is 1. The van der Waals surface area contributed by atoms with Gasteiger partial charge in [-0.05, 0) is 35.2 Å². The van der Waals surface area contributed by atoms with Crippen molar-refractivity contribution in [2.75, 3.05) is 12.4 Å². The molecule has 0 aliphatic carbocycles. The lowest BCUT2D eigenvalue weighted by Crippen LogP contribution is -2.10. The average molecular weight is 336 g/mol. The largest absolute Gasteiger partial charge is 0.497 e. The summed E-state index contributed by atoms with van der Waals surface area (Å²) >= 11 is 0. The van der Waals surface area contributed by atoms with Crippen LogP contribution in [0.3, 0.4) is 0 Å². The summed E-state index contributed by atoms with van der Waals surface area (Å²) in [5.74, 6) is 2.35. The van der Waals surface area contributed by atoms with E-state index >= 15 is 0 Å². The van der Waals surface area contributed by atoms with Crippen LogP contribution in [-0.2, 0) is 12.0 Å². The Morgan fingerprint density at radius 2 is 1.68 bits per heavy atom. The molecule has 25 heavy (non-hydrogen) atoms. The van der Waals surface area contributed by atoms with Gasteiger partial charge in [-0.2, -0.15) is 5.10 Å². The number of nitrogens with zero attached hydrogens (tertiary/aromatic N) is 2. The molecule has 0 saturated heterocycles. The average Bonchev–Trinajstić information content (AvgIpc) is 3.09. The quantitative estimate of drug-likeness (QED) is 0.725. The maximum atomic E-state index is 5.16. The molecule has 0 aliphatic rings. The number of anilines is 1. The summed E-state index contributed by atoms with van der Waals surface area (Å²) < 4.78 is 5.16. The summed E-state index contributed by atoms with van der Waals surface area (Å²) in [5, 5.41) is 10.6. The summed E-state index contributed by atoms with van der Waals surface area (Å²) in [7, 11) is 1.66. The van der Waals surface area contributed by atoms with Crippen LogP contribution in [0.1, 0.15) is 32.2 Å². The molecule has 0 fully saturated rings. The van der Waals surface area contributed by atoms with Crippen LogP contribution in [0.5, 0.6) is 5.75 Å². The van der Waals surface area contributed by atoms with Crippen molar-refractivity contribution in [1.29, 1.82) is 0 Å². The zero-order valence-corrected chi connectivity index (χ0v) is 15.1. The van der Waals surface area contributed by atoms with Gasteiger partial charge < -0.3 is 10.1 Å². The first-order chi connectivity index (χ1) is 12.0. The SMILES string of the molecule is COc1ccc(NCc2nc(-c3ccc(C(C)(C)C)cc3)n[nH]2)cc1. The van der Waals surface area contributed by atoms with Gasteiger partial charge >= 0.3 is 0 Å². The van der Waals surface area contributed by atoms with Crippen molar-refractivity contribution in [3.8, 4) is 17.1 Å². The molecule has 0 spiro atoms. The van der Waals surface area contributed by atoms with Crippen LogP contribution in [0.4, 0.5) is 5.69 Å². The normalized spacial score (nSPS) is 11.4. The van der Waals surface area contributed by atoms with Gasteiger partial charge in [0.2, 0.25) is 0 Å².